The normalized spacial score (nSPS) is 11.9. The van der Waals surface area contributed by atoms with Gasteiger partial charge in [-0.15, -0.1) is 0 Å². The van der Waals surface area contributed by atoms with Gasteiger partial charge in [-0.1, -0.05) is 67.1 Å². The minimum absolute atomic E-state index is 0.0414. The van der Waals surface area contributed by atoms with Gasteiger partial charge in [0, 0.05) is 13.1 Å². The lowest BCUT2D eigenvalue weighted by molar-refractivity contribution is -0.140. The molecule has 0 aliphatic heterocycles. The van der Waals surface area contributed by atoms with Crippen LogP contribution in [0, 0.1) is 6.92 Å². The number of sulfonamides is 1. The molecule has 0 fully saturated rings. The van der Waals surface area contributed by atoms with Crippen molar-refractivity contribution in [2.75, 3.05) is 24.5 Å². The number of rotatable bonds is 12. The lowest BCUT2D eigenvalue weighted by Gasteiger charge is -2.33. The van der Waals surface area contributed by atoms with Crippen molar-refractivity contribution >= 4 is 27.5 Å². The molecule has 9 heteroatoms. The summed E-state index contributed by atoms with van der Waals surface area (Å²) in [7, 11) is -2.71. The van der Waals surface area contributed by atoms with Crippen molar-refractivity contribution in [1.29, 1.82) is 0 Å². The minimum Gasteiger partial charge on any atom is -0.495 e. The van der Waals surface area contributed by atoms with E-state index in [2.05, 4.69) is 5.32 Å². The van der Waals surface area contributed by atoms with Crippen LogP contribution in [0.2, 0.25) is 0 Å². The molecular weight excluding hydrogens is 502 g/mol. The summed E-state index contributed by atoms with van der Waals surface area (Å²) in [5.41, 5.74) is 2.09. The van der Waals surface area contributed by atoms with E-state index in [4.69, 9.17) is 4.74 Å². The number of amides is 2. The number of carbonyl (C=O) groups is 2. The molecule has 8 nitrogen and oxygen atoms in total. The van der Waals surface area contributed by atoms with E-state index in [1.165, 1.54) is 24.1 Å². The summed E-state index contributed by atoms with van der Waals surface area (Å²) in [6.07, 6.45) is 0.365. The molecule has 0 unspecified atom stereocenters. The summed E-state index contributed by atoms with van der Waals surface area (Å²) in [4.78, 5) is 28.5. The van der Waals surface area contributed by atoms with E-state index in [1.807, 2.05) is 45.0 Å². The number of methoxy groups -OCH3 is 1. The van der Waals surface area contributed by atoms with Gasteiger partial charge in [0.15, 0.2) is 0 Å². The highest BCUT2D eigenvalue weighted by molar-refractivity contribution is 7.92. The van der Waals surface area contributed by atoms with Crippen LogP contribution < -0.4 is 14.4 Å². The van der Waals surface area contributed by atoms with Crippen molar-refractivity contribution in [2.45, 2.75) is 44.7 Å². The number of hydrogen-bond donors (Lipinski definition) is 1. The van der Waals surface area contributed by atoms with Crippen LogP contribution in [0.25, 0.3) is 0 Å². The van der Waals surface area contributed by atoms with Crippen molar-refractivity contribution < 1.29 is 22.7 Å². The molecule has 0 saturated carbocycles. The summed E-state index contributed by atoms with van der Waals surface area (Å²) in [6, 6.07) is 21.5. The Morgan fingerprint density at radius 1 is 0.947 bits per heavy atom. The lowest BCUT2D eigenvalue weighted by Crippen LogP contribution is -2.52. The molecule has 0 heterocycles. The van der Waals surface area contributed by atoms with Crippen LogP contribution in [0.3, 0.4) is 0 Å². The Morgan fingerprint density at radius 3 is 2.26 bits per heavy atom. The number of nitrogens with zero attached hydrogens (tertiary/aromatic N) is 2. The molecule has 1 N–H and O–H groups in total. The molecule has 0 aliphatic carbocycles. The number of para-hydroxylation sites is 2. The second kappa shape index (κ2) is 13.1. The van der Waals surface area contributed by atoms with Crippen LogP contribution in [0.1, 0.15) is 31.4 Å². The van der Waals surface area contributed by atoms with Gasteiger partial charge >= 0.3 is 0 Å². The number of nitrogens with one attached hydrogen (secondary N) is 1. The maximum Gasteiger partial charge on any atom is 0.264 e. The van der Waals surface area contributed by atoms with Crippen molar-refractivity contribution in [3.8, 4) is 5.75 Å². The number of carbonyl (C=O) groups excluding carboxylic acids is 2. The molecule has 2 amide bonds. The standard InChI is InChI=1S/C29H35N3O5S/c1-5-25(29(34)30-6-2)31(20-23-14-12-13-22(3)19-23)28(33)21-32(26-17-10-11-18-27(26)37-4)38(35,36)24-15-8-7-9-16-24/h7-19,25H,5-6,20-21H2,1-4H3,(H,30,34)/t25-/m1/s1. The Kier molecular flexibility index (Phi) is 9.90. The molecule has 3 aromatic carbocycles. The van der Waals surface area contributed by atoms with E-state index in [9.17, 15) is 18.0 Å². The van der Waals surface area contributed by atoms with Crippen LogP contribution in [-0.2, 0) is 26.2 Å². The van der Waals surface area contributed by atoms with Gasteiger partial charge in [-0.2, -0.15) is 0 Å². The van der Waals surface area contributed by atoms with Gasteiger partial charge in [-0.05, 0) is 50.1 Å². The molecular formula is C29H35N3O5S. The van der Waals surface area contributed by atoms with Crippen LogP contribution in [0.4, 0.5) is 5.69 Å². The average molecular weight is 538 g/mol. The summed E-state index contributed by atoms with van der Waals surface area (Å²) in [5.74, 6) is -0.485. The Hall–Kier alpha value is -3.85. The number of likely N-dealkylation sites (N-methyl/N-ethyl adjacent to an activating group) is 1. The first-order valence-electron chi connectivity index (χ1n) is 12.6. The predicted molar refractivity (Wildman–Crippen MR) is 148 cm³/mol. The summed E-state index contributed by atoms with van der Waals surface area (Å²) >= 11 is 0. The van der Waals surface area contributed by atoms with Gasteiger partial charge in [0.2, 0.25) is 11.8 Å². The Bertz CT molecular complexity index is 1350. The zero-order valence-electron chi connectivity index (χ0n) is 22.3. The molecule has 0 aliphatic rings. The topological polar surface area (TPSA) is 96.0 Å². The molecule has 0 aromatic heterocycles. The smallest absolute Gasteiger partial charge is 0.264 e. The van der Waals surface area contributed by atoms with E-state index < -0.39 is 28.5 Å². The third-order valence-electron chi connectivity index (χ3n) is 6.14. The fourth-order valence-electron chi connectivity index (χ4n) is 4.29. The third kappa shape index (κ3) is 6.72. The maximum absolute atomic E-state index is 14.0. The molecule has 202 valence electrons. The molecule has 0 bridgehead atoms. The molecule has 0 radical (unpaired) electrons. The second-order valence-electron chi connectivity index (χ2n) is 8.83. The van der Waals surface area contributed by atoms with Crippen LogP contribution in [0.15, 0.2) is 83.8 Å². The van der Waals surface area contributed by atoms with Crippen molar-refractivity contribution in [3.05, 3.63) is 90.0 Å². The predicted octanol–water partition coefficient (Wildman–Crippen LogP) is 4.14. The number of hydrogen-bond acceptors (Lipinski definition) is 5. The molecule has 38 heavy (non-hydrogen) atoms. The quantitative estimate of drug-likeness (QED) is 0.375. The van der Waals surface area contributed by atoms with Crippen LogP contribution in [-0.4, -0.2) is 51.4 Å². The van der Waals surface area contributed by atoms with Gasteiger partial charge in [0.1, 0.15) is 18.3 Å². The first-order valence-corrected chi connectivity index (χ1v) is 14.0. The molecule has 0 spiro atoms. The Balaban J connectivity index is 2.09. The van der Waals surface area contributed by atoms with Crippen LogP contribution in [0.5, 0.6) is 5.75 Å². The SMILES string of the molecule is CCNC(=O)[C@@H](CC)N(Cc1cccc(C)c1)C(=O)CN(c1ccccc1OC)S(=O)(=O)c1ccccc1. The maximum atomic E-state index is 14.0. The Morgan fingerprint density at radius 2 is 1.63 bits per heavy atom. The molecule has 3 aromatic rings. The van der Waals surface area contributed by atoms with E-state index in [-0.39, 0.29) is 23.0 Å². The highest BCUT2D eigenvalue weighted by atomic mass is 32.2. The van der Waals surface area contributed by atoms with Gasteiger partial charge < -0.3 is 15.0 Å². The van der Waals surface area contributed by atoms with Crippen molar-refractivity contribution in [1.82, 2.24) is 10.2 Å². The van der Waals surface area contributed by atoms with Crippen molar-refractivity contribution in [2.24, 2.45) is 0 Å². The monoisotopic (exact) mass is 537 g/mol. The number of ether oxygens (including phenoxy) is 1. The van der Waals surface area contributed by atoms with Gasteiger partial charge in [-0.25, -0.2) is 8.42 Å². The molecule has 0 saturated heterocycles. The molecule has 3 rings (SSSR count). The zero-order valence-corrected chi connectivity index (χ0v) is 23.1. The van der Waals surface area contributed by atoms with E-state index in [0.29, 0.717) is 18.7 Å². The van der Waals surface area contributed by atoms with Gasteiger partial charge in [0.05, 0.1) is 17.7 Å². The zero-order chi connectivity index (χ0) is 27.7. The number of benzene rings is 3. The Labute approximate surface area is 225 Å². The van der Waals surface area contributed by atoms with Gasteiger partial charge in [-0.3, -0.25) is 13.9 Å². The first kappa shape index (κ1) is 28.7. The van der Waals surface area contributed by atoms with E-state index in [1.54, 1.807) is 42.5 Å². The highest BCUT2D eigenvalue weighted by Crippen LogP contribution is 2.32. The number of aryl methyl sites for hydroxylation is 1. The number of anilines is 1. The fraction of sp³-hybridized carbons (Fsp3) is 0.310. The third-order valence-corrected chi connectivity index (χ3v) is 7.91. The lowest BCUT2D eigenvalue weighted by atomic mass is 10.1. The van der Waals surface area contributed by atoms with E-state index >= 15 is 0 Å². The summed E-state index contributed by atoms with van der Waals surface area (Å²) < 4.78 is 34.2. The van der Waals surface area contributed by atoms with Gasteiger partial charge in [0.25, 0.3) is 10.0 Å². The summed E-state index contributed by atoms with van der Waals surface area (Å²) in [5, 5.41) is 2.80. The average Bonchev–Trinajstić information content (AvgIpc) is 2.92. The highest BCUT2D eigenvalue weighted by Gasteiger charge is 2.34. The van der Waals surface area contributed by atoms with E-state index in [0.717, 1.165) is 15.4 Å². The first-order chi connectivity index (χ1) is 18.2. The fourth-order valence-corrected chi connectivity index (χ4v) is 5.73. The molecule has 1 atom stereocenters. The largest absolute Gasteiger partial charge is 0.495 e. The van der Waals surface area contributed by atoms with Crippen molar-refractivity contribution in [3.63, 3.8) is 0 Å². The second-order valence-corrected chi connectivity index (χ2v) is 10.7. The van der Waals surface area contributed by atoms with Crippen LogP contribution >= 0.6 is 0 Å². The summed E-state index contributed by atoms with van der Waals surface area (Å²) in [6.45, 7) is 5.65. The minimum atomic E-state index is -4.15.